The fourth-order valence-electron chi connectivity index (χ4n) is 2.78. The summed E-state index contributed by atoms with van der Waals surface area (Å²) >= 11 is 0. The highest BCUT2D eigenvalue weighted by molar-refractivity contribution is 7.89. The van der Waals surface area contributed by atoms with Crippen molar-refractivity contribution in [2.24, 2.45) is 5.73 Å². The van der Waals surface area contributed by atoms with Crippen LogP contribution in [0.1, 0.15) is 37.7 Å². The first-order valence-electron chi connectivity index (χ1n) is 7.28. The summed E-state index contributed by atoms with van der Waals surface area (Å²) in [6.07, 6.45) is 4.68. The van der Waals surface area contributed by atoms with Crippen molar-refractivity contribution < 1.29 is 13.2 Å². The van der Waals surface area contributed by atoms with Gasteiger partial charge in [0, 0.05) is 6.04 Å². The normalized spacial score (nSPS) is 17.0. The van der Waals surface area contributed by atoms with Gasteiger partial charge < -0.3 is 5.73 Å². The van der Waals surface area contributed by atoms with Crippen LogP contribution in [0.15, 0.2) is 29.2 Å². The standard InChI is InChI=1S/C15H22N2O3S/c1-12-7-9-14(10-8-12)21(19,20)17(11-15(16)18)13-5-3-2-4-6-13/h7-10,13H,2-6,11H2,1H3,(H2,16,18). The van der Waals surface area contributed by atoms with Crippen molar-refractivity contribution in [3.05, 3.63) is 29.8 Å². The van der Waals surface area contributed by atoms with Crippen LogP contribution < -0.4 is 5.73 Å². The van der Waals surface area contributed by atoms with Crippen LogP contribution in [0, 0.1) is 6.92 Å². The van der Waals surface area contributed by atoms with Gasteiger partial charge in [-0.05, 0) is 31.9 Å². The molecule has 1 aliphatic carbocycles. The zero-order chi connectivity index (χ0) is 15.5. The number of carbonyl (C=O) groups is 1. The maximum atomic E-state index is 12.8. The van der Waals surface area contributed by atoms with Gasteiger partial charge in [-0.15, -0.1) is 0 Å². The summed E-state index contributed by atoms with van der Waals surface area (Å²) < 4.78 is 26.9. The van der Waals surface area contributed by atoms with Crippen molar-refractivity contribution >= 4 is 15.9 Å². The molecule has 116 valence electrons. The Morgan fingerprint density at radius 3 is 2.29 bits per heavy atom. The number of amides is 1. The fraction of sp³-hybridized carbons (Fsp3) is 0.533. The molecule has 2 rings (SSSR count). The van der Waals surface area contributed by atoms with Gasteiger partial charge in [0.15, 0.2) is 0 Å². The first kappa shape index (κ1) is 16.0. The average Bonchev–Trinajstić information content (AvgIpc) is 2.46. The highest BCUT2D eigenvalue weighted by Gasteiger charge is 2.33. The van der Waals surface area contributed by atoms with E-state index in [1.54, 1.807) is 24.3 Å². The van der Waals surface area contributed by atoms with Crippen LogP contribution in [0.3, 0.4) is 0 Å². The van der Waals surface area contributed by atoms with E-state index in [0.29, 0.717) is 0 Å². The summed E-state index contributed by atoms with van der Waals surface area (Å²) in [4.78, 5) is 11.5. The molecule has 0 atom stereocenters. The van der Waals surface area contributed by atoms with E-state index < -0.39 is 15.9 Å². The number of benzene rings is 1. The lowest BCUT2D eigenvalue weighted by atomic mass is 9.95. The maximum absolute atomic E-state index is 12.8. The van der Waals surface area contributed by atoms with E-state index >= 15 is 0 Å². The van der Waals surface area contributed by atoms with Gasteiger partial charge in [-0.3, -0.25) is 4.79 Å². The van der Waals surface area contributed by atoms with E-state index in [1.807, 2.05) is 6.92 Å². The van der Waals surface area contributed by atoms with Crippen LogP contribution in [0.4, 0.5) is 0 Å². The van der Waals surface area contributed by atoms with Crippen molar-refractivity contribution in [1.82, 2.24) is 4.31 Å². The summed E-state index contributed by atoms with van der Waals surface area (Å²) in [5, 5.41) is 0. The van der Waals surface area contributed by atoms with Gasteiger partial charge in [0.25, 0.3) is 0 Å². The zero-order valence-corrected chi connectivity index (χ0v) is 13.1. The predicted molar refractivity (Wildman–Crippen MR) is 81.1 cm³/mol. The van der Waals surface area contributed by atoms with Gasteiger partial charge in [0.1, 0.15) is 0 Å². The highest BCUT2D eigenvalue weighted by Crippen LogP contribution is 2.27. The lowest BCUT2D eigenvalue weighted by molar-refractivity contribution is -0.118. The molecule has 0 heterocycles. The first-order valence-corrected chi connectivity index (χ1v) is 8.72. The van der Waals surface area contributed by atoms with E-state index in [4.69, 9.17) is 5.73 Å². The number of nitrogens with zero attached hydrogens (tertiary/aromatic N) is 1. The van der Waals surface area contributed by atoms with E-state index in [-0.39, 0.29) is 17.5 Å². The van der Waals surface area contributed by atoms with Gasteiger partial charge in [-0.25, -0.2) is 8.42 Å². The van der Waals surface area contributed by atoms with Crippen LogP contribution in [0.5, 0.6) is 0 Å². The fourth-order valence-corrected chi connectivity index (χ4v) is 4.43. The molecule has 0 saturated heterocycles. The molecular formula is C15H22N2O3S. The van der Waals surface area contributed by atoms with E-state index in [2.05, 4.69) is 0 Å². The van der Waals surface area contributed by atoms with Gasteiger partial charge in [0.2, 0.25) is 15.9 Å². The molecule has 21 heavy (non-hydrogen) atoms. The van der Waals surface area contributed by atoms with Crippen molar-refractivity contribution in [1.29, 1.82) is 0 Å². The smallest absolute Gasteiger partial charge is 0.243 e. The molecule has 0 bridgehead atoms. The third-order valence-electron chi connectivity index (χ3n) is 3.92. The second kappa shape index (κ2) is 6.58. The molecule has 5 nitrogen and oxygen atoms in total. The van der Waals surface area contributed by atoms with Crippen molar-refractivity contribution in [3.63, 3.8) is 0 Å². The van der Waals surface area contributed by atoms with Gasteiger partial charge >= 0.3 is 0 Å². The van der Waals surface area contributed by atoms with Crippen LogP contribution in [-0.4, -0.2) is 31.2 Å². The number of hydrogen-bond donors (Lipinski definition) is 1. The molecule has 2 N–H and O–H groups in total. The lowest BCUT2D eigenvalue weighted by Crippen LogP contribution is -2.45. The average molecular weight is 310 g/mol. The number of hydrogen-bond acceptors (Lipinski definition) is 3. The van der Waals surface area contributed by atoms with Crippen molar-refractivity contribution in [3.8, 4) is 0 Å². The summed E-state index contributed by atoms with van der Waals surface area (Å²) in [6.45, 7) is 1.65. The SMILES string of the molecule is Cc1ccc(S(=O)(=O)N(CC(N)=O)C2CCCCC2)cc1. The number of nitrogens with two attached hydrogens (primary N) is 1. The Balaban J connectivity index is 2.33. The highest BCUT2D eigenvalue weighted by atomic mass is 32.2. The molecule has 0 unspecified atom stereocenters. The Morgan fingerprint density at radius 1 is 1.19 bits per heavy atom. The number of rotatable bonds is 5. The summed E-state index contributed by atoms with van der Waals surface area (Å²) in [7, 11) is -3.68. The molecule has 1 aromatic carbocycles. The summed E-state index contributed by atoms with van der Waals surface area (Å²) in [5.41, 5.74) is 6.25. The van der Waals surface area contributed by atoms with Crippen LogP contribution in [0.25, 0.3) is 0 Å². The Hall–Kier alpha value is -1.40. The minimum absolute atomic E-state index is 0.127. The number of primary amides is 1. The molecule has 0 radical (unpaired) electrons. The van der Waals surface area contributed by atoms with Gasteiger partial charge in [0.05, 0.1) is 11.4 Å². The summed E-state index contributed by atoms with van der Waals surface area (Å²) in [5.74, 6) is -0.615. The predicted octanol–water partition coefficient (Wildman–Crippen LogP) is 1.80. The van der Waals surface area contributed by atoms with Gasteiger partial charge in [-0.1, -0.05) is 37.0 Å². The molecule has 1 saturated carbocycles. The monoisotopic (exact) mass is 310 g/mol. The molecule has 1 aliphatic rings. The quantitative estimate of drug-likeness (QED) is 0.900. The second-order valence-corrected chi connectivity index (χ2v) is 7.51. The van der Waals surface area contributed by atoms with E-state index in [1.165, 1.54) is 4.31 Å². The van der Waals surface area contributed by atoms with Crippen molar-refractivity contribution in [2.45, 2.75) is 50.0 Å². The van der Waals surface area contributed by atoms with E-state index in [9.17, 15) is 13.2 Å². The Labute approximate surface area is 126 Å². The Kier molecular flexibility index (Phi) is 5.00. The Morgan fingerprint density at radius 2 is 1.76 bits per heavy atom. The molecule has 0 spiro atoms. The minimum atomic E-state index is -3.68. The number of aryl methyl sites for hydroxylation is 1. The van der Waals surface area contributed by atoms with Crippen LogP contribution in [-0.2, 0) is 14.8 Å². The minimum Gasteiger partial charge on any atom is -0.369 e. The third-order valence-corrected chi connectivity index (χ3v) is 5.83. The second-order valence-electron chi connectivity index (χ2n) is 5.62. The largest absolute Gasteiger partial charge is 0.369 e. The summed E-state index contributed by atoms with van der Waals surface area (Å²) in [6, 6.07) is 6.56. The zero-order valence-electron chi connectivity index (χ0n) is 12.3. The molecule has 0 aliphatic heterocycles. The van der Waals surface area contributed by atoms with Gasteiger partial charge in [-0.2, -0.15) is 4.31 Å². The maximum Gasteiger partial charge on any atom is 0.243 e. The molecule has 1 amide bonds. The Bertz CT molecular complexity index is 590. The third kappa shape index (κ3) is 3.83. The van der Waals surface area contributed by atoms with E-state index in [0.717, 1.165) is 37.7 Å². The lowest BCUT2D eigenvalue weighted by Gasteiger charge is -2.32. The van der Waals surface area contributed by atoms with Crippen LogP contribution in [0.2, 0.25) is 0 Å². The first-order chi connectivity index (χ1) is 9.91. The van der Waals surface area contributed by atoms with Crippen LogP contribution >= 0.6 is 0 Å². The molecule has 1 aromatic rings. The number of carbonyl (C=O) groups excluding carboxylic acids is 1. The molecule has 0 aromatic heterocycles. The van der Waals surface area contributed by atoms with Crippen molar-refractivity contribution in [2.75, 3.05) is 6.54 Å². The molecule has 6 heteroatoms. The topological polar surface area (TPSA) is 80.5 Å². The number of sulfonamides is 1. The molecular weight excluding hydrogens is 288 g/mol. The molecule has 1 fully saturated rings.